The normalized spacial score (nSPS) is 28.4. The lowest BCUT2D eigenvalue weighted by atomic mass is 9.96. The second-order valence-corrected chi connectivity index (χ2v) is 7.22. The van der Waals surface area contributed by atoms with E-state index >= 15 is 0 Å². The van der Waals surface area contributed by atoms with E-state index in [9.17, 15) is 4.79 Å². The Hall–Kier alpha value is -1.63. The maximum atomic E-state index is 12.6. The van der Waals surface area contributed by atoms with Gasteiger partial charge in [0.25, 0.3) is 0 Å². The van der Waals surface area contributed by atoms with Crippen LogP contribution in [0.5, 0.6) is 0 Å². The molecule has 0 radical (unpaired) electrons. The van der Waals surface area contributed by atoms with E-state index in [1.54, 1.807) is 6.33 Å². The Bertz CT molecular complexity index is 563. The fourth-order valence-electron chi connectivity index (χ4n) is 4.36. The summed E-state index contributed by atoms with van der Waals surface area (Å²) < 4.78 is 7.72. The van der Waals surface area contributed by atoms with Gasteiger partial charge in [-0.2, -0.15) is 0 Å². The van der Waals surface area contributed by atoms with Crippen molar-refractivity contribution in [3.8, 4) is 0 Å². The Kier molecular flexibility index (Phi) is 4.69. The number of hydrogen-bond donors (Lipinski definition) is 1. The number of carbonyl (C=O) groups excluding carboxylic acids is 1. The summed E-state index contributed by atoms with van der Waals surface area (Å²) in [5, 5.41) is 7.37. The lowest BCUT2D eigenvalue weighted by Gasteiger charge is -2.28. The van der Waals surface area contributed by atoms with Gasteiger partial charge in [-0.3, -0.25) is 5.32 Å². The summed E-state index contributed by atoms with van der Waals surface area (Å²) in [7, 11) is 0. The van der Waals surface area contributed by atoms with Crippen LogP contribution in [0, 0.1) is 0 Å². The first kappa shape index (κ1) is 15.9. The van der Waals surface area contributed by atoms with Crippen LogP contribution in [0.1, 0.15) is 63.8 Å². The minimum absolute atomic E-state index is 0.0885. The zero-order chi connectivity index (χ0) is 16.4. The van der Waals surface area contributed by atoms with Gasteiger partial charge in [0.1, 0.15) is 6.33 Å². The molecule has 1 aromatic heterocycles. The number of carbonyl (C=O) groups is 1. The van der Waals surface area contributed by atoms with Crippen LogP contribution in [-0.4, -0.2) is 51.0 Å². The predicted octanol–water partition coefficient (Wildman–Crippen LogP) is 2.96. The SMILES string of the molecule is O=C(Nc1ncn(C2CCCCC2)n1)N1CCC[C@H]1[C@H]1CCCO1. The van der Waals surface area contributed by atoms with Gasteiger partial charge in [0.15, 0.2) is 0 Å². The van der Waals surface area contributed by atoms with E-state index < -0.39 is 0 Å². The first-order chi connectivity index (χ1) is 11.8. The van der Waals surface area contributed by atoms with E-state index in [2.05, 4.69) is 15.4 Å². The van der Waals surface area contributed by atoms with Gasteiger partial charge in [-0.15, -0.1) is 5.10 Å². The second-order valence-electron chi connectivity index (χ2n) is 7.22. The molecule has 2 amide bonds. The van der Waals surface area contributed by atoms with Crippen molar-refractivity contribution in [3.05, 3.63) is 6.33 Å². The van der Waals surface area contributed by atoms with Crippen molar-refractivity contribution in [2.75, 3.05) is 18.5 Å². The van der Waals surface area contributed by atoms with Crippen LogP contribution >= 0.6 is 0 Å². The van der Waals surface area contributed by atoms with Crippen LogP contribution in [-0.2, 0) is 4.74 Å². The Balaban J connectivity index is 1.37. The van der Waals surface area contributed by atoms with Crippen molar-refractivity contribution < 1.29 is 9.53 Å². The zero-order valence-electron chi connectivity index (χ0n) is 14.2. The van der Waals surface area contributed by atoms with E-state index in [0.717, 1.165) is 51.7 Å². The van der Waals surface area contributed by atoms with Crippen molar-refractivity contribution in [2.45, 2.75) is 76.0 Å². The second kappa shape index (κ2) is 7.09. The molecule has 7 nitrogen and oxygen atoms in total. The summed E-state index contributed by atoms with van der Waals surface area (Å²) in [6.07, 6.45) is 12.3. The molecule has 2 aliphatic heterocycles. The fraction of sp³-hybridized carbons (Fsp3) is 0.824. The summed E-state index contributed by atoms with van der Waals surface area (Å²) in [4.78, 5) is 18.8. The van der Waals surface area contributed by atoms with Gasteiger partial charge in [-0.1, -0.05) is 19.3 Å². The van der Waals surface area contributed by atoms with E-state index in [4.69, 9.17) is 4.74 Å². The van der Waals surface area contributed by atoms with Crippen LogP contribution < -0.4 is 5.32 Å². The first-order valence-corrected chi connectivity index (χ1v) is 9.41. The molecule has 24 heavy (non-hydrogen) atoms. The van der Waals surface area contributed by atoms with E-state index in [1.807, 2.05) is 9.58 Å². The minimum Gasteiger partial charge on any atom is -0.376 e. The molecule has 3 aliphatic rings. The lowest BCUT2D eigenvalue weighted by molar-refractivity contribution is 0.0542. The third kappa shape index (κ3) is 3.27. The molecule has 0 spiro atoms. The first-order valence-electron chi connectivity index (χ1n) is 9.41. The largest absolute Gasteiger partial charge is 0.376 e. The van der Waals surface area contributed by atoms with E-state index in [1.165, 1.54) is 19.3 Å². The molecule has 1 aromatic rings. The van der Waals surface area contributed by atoms with Crippen molar-refractivity contribution in [2.24, 2.45) is 0 Å². The predicted molar refractivity (Wildman–Crippen MR) is 89.9 cm³/mol. The van der Waals surface area contributed by atoms with Gasteiger partial charge in [-0.25, -0.2) is 14.5 Å². The van der Waals surface area contributed by atoms with Crippen molar-refractivity contribution >= 4 is 12.0 Å². The maximum Gasteiger partial charge on any atom is 0.324 e. The monoisotopic (exact) mass is 333 g/mol. The summed E-state index contributed by atoms with van der Waals surface area (Å²) >= 11 is 0. The van der Waals surface area contributed by atoms with Crippen LogP contribution in [0.3, 0.4) is 0 Å². The van der Waals surface area contributed by atoms with Crippen molar-refractivity contribution in [1.29, 1.82) is 0 Å². The van der Waals surface area contributed by atoms with Gasteiger partial charge < -0.3 is 9.64 Å². The number of ether oxygens (including phenoxy) is 1. The standard InChI is InChI=1S/C17H27N5O2/c23-17(21-10-4-8-14(21)15-9-5-11-24-15)19-16-18-12-22(20-16)13-6-2-1-3-7-13/h12-15H,1-11H2,(H,19,20,23)/t14-,15+/m0/s1. The van der Waals surface area contributed by atoms with Gasteiger partial charge in [0.05, 0.1) is 18.2 Å². The molecular formula is C17H27N5O2. The number of rotatable bonds is 3. The summed E-state index contributed by atoms with van der Waals surface area (Å²) in [5.41, 5.74) is 0. The Labute approximate surface area is 142 Å². The number of urea groups is 1. The zero-order valence-corrected chi connectivity index (χ0v) is 14.2. The number of aromatic nitrogens is 3. The van der Waals surface area contributed by atoms with E-state index in [0.29, 0.717) is 12.0 Å². The fourth-order valence-corrected chi connectivity index (χ4v) is 4.36. The quantitative estimate of drug-likeness (QED) is 0.923. The summed E-state index contributed by atoms with van der Waals surface area (Å²) in [5.74, 6) is 0.420. The minimum atomic E-state index is -0.0885. The Morgan fingerprint density at radius 1 is 1.12 bits per heavy atom. The molecule has 0 aromatic carbocycles. The summed E-state index contributed by atoms with van der Waals surface area (Å²) in [6, 6.07) is 0.547. The third-order valence-corrected chi connectivity index (χ3v) is 5.63. The molecule has 2 atom stereocenters. The molecule has 3 heterocycles. The van der Waals surface area contributed by atoms with Crippen LogP contribution in [0.25, 0.3) is 0 Å². The number of anilines is 1. The van der Waals surface area contributed by atoms with Gasteiger partial charge in [0.2, 0.25) is 5.95 Å². The van der Waals surface area contributed by atoms with Crippen LogP contribution in [0.15, 0.2) is 6.33 Å². The highest BCUT2D eigenvalue weighted by molar-refractivity contribution is 5.87. The van der Waals surface area contributed by atoms with Crippen LogP contribution in [0.2, 0.25) is 0 Å². The molecule has 3 fully saturated rings. The highest BCUT2D eigenvalue weighted by Gasteiger charge is 2.37. The molecule has 7 heteroatoms. The number of nitrogens with one attached hydrogen (secondary N) is 1. The Morgan fingerprint density at radius 3 is 2.79 bits per heavy atom. The topological polar surface area (TPSA) is 72.3 Å². The highest BCUT2D eigenvalue weighted by Crippen LogP contribution is 2.29. The molecule has 1 N–H and O–H groups in total. The number of likely N-dealkylation sites (tertiary alicyclic amines) is 1. The average Bonchev–Trinajstić information content (AvgIpc) is 3.36. The molecule has 4 rings (SSSR count). The smallest absolute Gasteiger partial charge is 0.324 e. The molecule has 132 valence electrons. The summed E-state index contributed by atoms with van der Waals surface area (Å²) in [6.45, 7) is 1.61. The molecule has 2 saturated heterocycles. The number of hydrogen-bond acceptors (Lipinski definition) is 4. The van der Waals surface area contributed by atoms with Gasteiger partial charge in [-0.05, 0) is 38.5 Å². The molecule has 1 aliphatic carbocycles. The molecular weight excluding hydrogens is 306 g/mol. The van der Waals surface area contributed by atoms with Gasteiger partial charge in [0, 0.05) is 13.2 Å². The third-order valence-electron chi connectivity index (χ3n) is 5.63. The van der Waals surface area contributed by atoms with E-state index in [-0.39, 0.29) is 18.2 Å². The van der Waals surface area contributed by atoms with Crippen molar-refractivity contribution in [3.63, 3.8) is 0 Å². The molecule has 1 saturated carbocycles. The number of amides is 2. The highest BCUT2D eigenvalue weighted by atomic mass is 16.5. The average molecular weight is 333 g/mol. The number of nitrogens with zero attached hydrogens (tertiary/aromatic N) is 4. The molecule has 0 unspecified atom stereocenters. The maximum absolute atomic E-state index is 12.6. The van der Waals surface area contributed by atoms with Crippen LogP contribution in [0.4, 0.5) is 10.7 Å². The lowest BCUT2D eigenvalue weighted by Crippen LogP contribution is -2.44. The van der Waals surface area contributed by atoms with Crippen molar-refractivity contribution in [1.82, 2.24) is 19.7 Å². The van der Waals surface area contributed by atoms with Gasteiger partial charge >= 0.3 is 6.03 Å². The molecule has 0 bridgehead atoms. The Morgan fingerprint density at radius 2 is 2.00 bits per heavy atom.